The van der Waals surface area contributed by atoms with E-state index < -0.39 is 0 Å². The first-order chi connectivity index (χ1) is 10.7. The molecule has 23 heavy (non-hydrogen) atoms. The van der Waals surface area contributed by atoms with Crippen LogP contribution in [0.2, 0.25) is 0 Å². The summed E-state index contributed by atoms with van der Waals surface area (Å²) in [6.07, 6.45) is 0. The summed E-state index contributed by atoms with van der Waals surface area (Å²) in [5.41, 5.74) is 2.95. The molecule has 0 aliphatic heterocycles. The first-order valence-electron chi connectivity index (χ1n) is 8.17. The normalized spacial score (nSPS) is 13.5. The van der Waals surface area contributed by atoms with Crippen LogP contribution in [0.4, 0.5) is 5.69 Å². The Hall–Kier alpha value is -1.88. The molecule has 0 spiro atoms. The van der Waals surface area contributed by atoms with Crippen LogP contribution in [-0.2, 0) is 9.59 Å². The Morgan fingerprint density at radius 3 is 2.09 bits per heavy atom. The number of para-hydroxylation sites is 1. The lowest BCUT2D eigenvalue weighted by Crippen LogP contribution is -3.11. The van der Waals surface area contributed by atoms with Gasteiger partial charge in [-0.3, -0.25) is 9.59 Å². The van der Waals surface area contributed by atoms with Crippen molar-refractivity contribution in [1.82, 2.24) is 5.32 Å². The smallest absolute Gasteiger partial charge is 0.279 e. The molecule has 0 aromatic heterocycles. The number of carbonyl (C=O) groups excluding carboxylic acids is 2. The largest absolute Gasteiger partial charge is 0.348 e. The third kappa shape index (κ3) is 6.40. The van der Waals surface area contributed by atoms with Gasteiger partial charge in [-0.25, -0.2) is 0 Å². The van der Waals surface area contributed by atoms with Crippen molar-refractivity contribution >= 4 is 17.5 Å². The average Bonchev–Trinajstić information content (AvgIpc) is 2.42. The number of quaternary nitrogens is 1. The summed E-state index contributed by atoms with van der Waals surface area (Å²) in [6, 6.07) is 6.05. The highest BCUT2D eigenvalue weighted by molar-refractivity contribution is 5.93. The molecule has 2 amide bonds. The van der Waals surface area contributed by atoms with Crippen molar-refractivity contribution in [2.45, 2.75) is 40.7 Å². The number of nitrogens with one attached hydrogen (secondary N) is 3. The molecule has 0 saturated carbocycles. The number of benzene rings is 1. The van der Waals surface area contributed by atoms with Crippen LogP contribution in [0.5, 0.6) is 0 Å². The zero-order valence-corrected chi connectivity index (χ0v) is 15.1. The van der Waals surface area contributed by atoms with E-state index >= 15 is 0 Å². The first kappa shape index (κ1) is 19.2. The van der Waals surface area contributed by atoms with E-state index in [1.54, 1.807) is 0 Å². The number of hydrogen-bond donors (Lipinski definition) is 3. The van der Waals surface area contributed by atoms with Gasteiger partial charge in [0.05, 0.1) is 7.05 Å². The summed E-state index contributed by atoms with van der Waals surface area (Å²) in [4.78, 5) is 25.0. The monoisotopic (exact) mass is 320 g/mol. The molecule has 1 aromatic rings. The van der Waals surface area contributed by atoms with Gasteiger partial charge in [0.15, 0.2) is 13.1 Å². The lowest BCUT2D eigenvalue weighted by molar-refractivity contribution is -0.862. The highest BCUT2D eigenvalue weighted by atomic mass is 16.2. The van der Waals surface area contributed by atoms with Crippen LogP contribution in [0.3, 0.4) is 0 Å². The number of rotatable bonds is 7. The van der Waals surface area contributed by atoms with Crippen molar-refractivity contribution in [2.24, 2.45) is 5.92 Å². The molecule has 0 saturated heterocycles. The Balaban J connectivity index is 2.49. The number of likely N-dealkylation sites (N-methyl/N-ethyl adjacent to an activating group) is 1. The van der Waals surface area contributed by atoms with Crippen LogP contribution in [0.25, 0.3) is 0 Å². The Morgan fingerprint density at radius 1 is 1.04 bits per heavy atom. The van der Waals surface area contributed by atoms with Gasteiger partial charge in [0.25, 0.3) is 11.8 Å². The highest BCUT2D eigenvalue weighted by Gasteiger charge is 2.17. The third-order valence-corrected chi connectivity index (χ3v) is 4.06. The van der Waals surface area contributed by atoms with Crippen molar-refractivity contribution in [1.29, 1.82) is 0 Å². The zero-order chi connectivity index (χ0) is 17.6. The fraction of sp³-hybridized carbons (Fsp3) is 0.556. The topological polar surface area (TPSA) is 62.6 Å². The SMILES string of the molecule is Cc1cccc(C)c1NC(=O)C[NH+](C)CC(=O)N[C@@H](C)C(C)C. The Labute approximate surface area is 139 Å². The molecular weight excluding hydrogens is 290 g/mol. The fourth-order valence-corrected chi connectivity index (χ4v) is 2.28. The van der Waals surface area contributed by atoms with Crippen molar-refractivity contribution in [3.05, 3.63) is 29.3 Å². The summed E-state index contributed by atoms with van der Waals surface area (Å²) in [6.45, 7) is 10.6. The van der Waals surface area contributed by atoms with Gasteiger partial charge < -0.3 is 15.5 Å². The summed E-state index contributed by atoms with van der Waals surface area (Å²) in [5, 5.41) is 5.91. The second-order valence-corrected chi connectivity index (χ2v) is 6.73. The summed E-state index contributed by atoms with van der Waals surface area (Å²) in [5.74, 6) is 0.291. The molecule has 128 valence electrons. The average molecular weight is 320 g/mol. The quantitative estimate of drug-likeness (QED) is 0.699. The number of hydrogen-bond acceptors (Lipinski definition) is 2. The molecule has 1 aromatic carbocycles. The van der Waals surface area contributed by atoms with Gasteiger partial charge >= 0.3 is 0 Å². The molecule has 5 nitrogen and oxygen atoms in total. The van der Waals surface area contributed by atoms with Crippen molar-refractivity contribution in [2.75, 3.05) is 25.5 Å². The Bertz CT molecular complexity index is 535. The van der Waals surface area contributed by atoms with Gasteiger partial charge in [-0.05, 0) is 37.8 Å². The molecule has 1 rings (SSSR count). The van der Waals surface area contributed by atoms with Gasteiger partial charge in [0.2, 0.25) is 0 Å². The van der Waals surface area contributed by atoms with Gasteiger partial charge in [0, 0.05) is 11.7 Å². The van der Waals surface area contributed by atoms with E-state index in [-0.39, 0.29) is 30.9 Å². The fourth-order valence-electron chi connectivity index (χ4n) is 2.28. The third-order valence-electron chi connectivity index (χ3n) is 4.06. The lowest BCUT2D eigenvalue weighted by Gasteiger charge is -2.19. The van der Waals surface area contributed by atoms with Gasteiger partial charge in [0.1, 0.15) is 0 Å². The molecule has 0 aliphatic carbocycles. The predicted octanol–water partition coefficient (Wildman–Crippen LogP) is 0.917. The standard InChI is InChI=1S/C18H29N3O2/c1-12(2)15(5)19-16(22)10-21(6)11-17(23)20-18-13(3)8-7-9-14(18)4/h7-9,12,15H,10-11H2,1-6H3,(H,19,22)(H,20,23)/p+1/t15-/m0/s1. The summed E-state index contributed by atoms with van der Waals surface area (Å²) >= 11 is 0. The molecular formula is C18H30N3O2+. The molecule has 5 heteroatoms. The van der Waals surface area contributed by atoms with Gasteiger partial charge in [-0.2, -0.15) is 0 Å². The van der Waals surface area contributed by atoms with E-state index in [4.69, 9.17) is 0 Å². The van der Waals surface area contributed by atoms with E-state index in [9.17, 15) is 9.59 Å². The van der Waals surface area contributed by atoms with Crippen molar-refractivity contribution in [3.8, 4) is 0 Å². The molecule has 0 bridgehead atoms. The molecule has 0 radical (unpaired) electrons. The molecule has 0 aliphatic rings. The van der Waals surface area contributed by atoms with E-state index in [0.717, 1.165) is 21.7 Å². The highest BCUT2D eigenvalue weighted by Crippen LogP contribution is 2.18. The first-order valence-corrected chi connectivity index (χ1v) is 8.17. The van der Waals surface area contributed by atoms with Crippen LogP contribution in [0.1, 0.15) is 31.9 Å². The molecule has 2 atom stereocenters. The van der Waals surface area contributed by atoms with Crippen LogP contribution in [0, 0.1) is 19.8 Å². The summed E-state index contributed by atoms with van der Waals surface area (Å²) < 4.78 is 0. The maximum absolute atomic E-state index is 12.2. The zero-order valence-electron chi connectivity index (χ0n) is 15.1. The van der Waals surface area contributed by atoms with Crippen molar-refractivity contribution in [3.63, 3.8) is 0 Å². The van der Waals surface area contributed by atoms with E-state index in [1.165, 1.54) is 0 Å². The van der Waals surface area contributed by atoms with Crippen LogP contribution in [-0.4, -0.2) is 38.0 Å². The Morgan fingerprint density at radius 2 is 1.57 bits per heavy atom. The minimum absolute atomic E-state index is 0.0245. The second kappa shape index (κ2) is 8.67. The van der Waals surface area contributed by atoms with E-state index in [1.807, 2.05) is 46.0 Å². The van der Waals surface area contributed by atoms with Gasteiger partial charge in [-0.1, -0.05) is 32.0 Å². The lowest BCUT2D eigenvalue weighted by atomic mass is 10.1. The number of carbonyl (C=O) groups is 2. The maximum Gasteiger partial charge on any atom is 0.279 e. The molecule has 0 fully saturated rings. The minimum Gasteiger partial charge on any atom is -0.348 e. The van der Waals surface area contributed by atoms with Crippen molar-refractivity contribution < 1.29 is 14.5 Å². The van der Waals surface area contributed by atoms with Crippen LogP contribution < -0.4 is 15.5 Å². The second-order valence-electron chi connectivity index (χ2n) is 6.73. The van der Waals surface area contributed by atoms with Crippen LogP contribution >= 0.6 is 0 Å². The van der Waals surface area contributed by atoms with E-state index in [0.29, 0.717) is 5.92 Å². The summed E-state index contributed by atoms with van der Waals surface area (Å²) in [7, 11) is 1.85. The number of aryl methyl sites for hydroxylation is 2. The predicted molar refractivity (Wildman–Crippen MR) is 93.6 cm³/mol. The van der Waals surface area contributed by atoms with Crippen LogP contribution in [0.15, 0.2) is 18.2 Å². The molecule has 0 heterocycles. The Kier molecular flexibility index (Phi) is 7.23. The number of anilines is 1. The van der Waals surface area contributed by atoms with Gasteiger partial charge in [-0.15, -0.1) is 0 Å². The minimum atomic E-state index is -0.0791. The molecule has 1 unspecified atom stereocenters. The number of amides is 2. The molecule has 3 N–H and O–H groups in total. The maximum atomic E-state index is 12.2. The van der Waals surface area contributed by atoms with E-state index in [2.05, 4.69) is 24.5 Å².